The third kappa shape index (κ3) is 5.19. The van der Waals surface area contributed by atoms with Crippen LogP contribution in [0.15, 0.2) is 42.5 Å². The molecule has 1 amide bonds. The normalized spacial score (nSPS) is 11.8. The van der Waals surface area contributed by atoms with Crippen LogP contribution in [-0.2, 0) is 11.2 Å². The molecule has 0 aliphatic heterocycles. The van der Waals surface area contributed by atoms with E-state index >= 15 is 0 Å². The van der Waals surface area contributed by atoms with Crippen molar-refractivity contribution in [2.45, 2.75) is 12.5 Å². The van der Waals surface area contributed by atoms with Gasteiger partial charge in [-0.25, -0.2) is 18.3 Å². The zero-order valence-electron chi connectivity index (χ0n) is 12.9. The molecular weight excluding hydrogens is 336 g/mol. The minimum Gasteiger partial charge on any atom is -0.453 e. The molecule has 0 aliphatic carbocycles. The van der Waals surface area contributed by atoms with Gasteiger partial charge in [0.2, 0.25) is 0 Å². The molecule has 5 nitrogen and oxygen atoms in total. The van der Waals surface area contributed by atoms with Crippen molar-refractivity contribution in [3.05, 3.63) is 65.2 Å². The standard InChI is InChI=1S/C16H17F2N3O2S/c1-23-16(22)20-14-4-2-11(3-5-14)15(21-24-19)8-10-6-12(17)9-13(18)7-10/h2-7,9,15,21H,8,19H2,1H3,(H,20,22)/t15-/m0/s1. The minimum atomic E-state index is -0.623. The van der Waals surface area contributed by atoms with E-state index in [1.807, 2.05) is 0 Å². The van der Waals surface area contributed by atoms with E-state index in [9.17, 15) is 13.6 Å². The van der Waals surface area contributed by atoms with Crippen molar-refractivity contribution in [1.82, 2.24) is 4.72 Å². The van der Waals surface area contributed by atoms with Gasteiger partial charge in [-0.3, -0.25) is 10.5 Å². The first-order valence-electron chi connectivity index (χ1n) is 7.03. The molecule has 2 rings (SSSR count). The number of hydrogen-bond donors (Lipinski definition) is 3. The lowest BCUT2D eigenvalue weighted by Crippen LogP contribution is -2.19. The molecule has 0 heterocycles. The first kappa shape index (κ1) is 18.2. The lowest BCUT2D eigenvalue weighted by molar-refractivity contribution is 0.187. The topological polar surface area (TPSA) is 76.4 Å². The Morgan fingerprint density at radius 2 is 1.83 bits per heavy atom. The van der Waals surface area contributed by atoms with E-state index in [-0.39, 0.29) is 6.04 Å². The van der Waals surface area contributed by atoms with Crippen molar-refractivity contribution in [2.24, 2.45) is 5.14 Å². The molecule has 128 valence electrons. The minimum absolute atomic E-state index is 0.256. The SMILES string of the molecule is COC(=O)Nc1ccc([C@H](Cc2cc(F)cc(F)c2)NSN)cc1. The predicted octanol–water partition coefficient (Wildman–Crippen LogP) is 3.54. The van der Waals surface area contributed by atoms with E-state index in [2.05, 4.69) is 14.8 Å². The van der Waals surface area contributed by atoms with Crippen LogP contribution in [0.2, 0.25) is 0 Å². The van der Waals surface area contributed by atoms with Gasteiger partial charge in [-0.2, -0.15) is 0 Å². The van der Waals surface area contributed by atoms with E-state index in [1.165, 1.54) is 19.2 Å². The van der Waals surface area contributed by atoms with Crippen LogP contribution in [0, 0.1) is 11.6 Å². The summed E-state index contributed by atoms with van der Waals surface area (Å²) in [6, 6.07) is 10.1. The maximum absolute atomic E-state index is 13.3. The lowest BCUT2D eigenvalue weighted by atomic mass is 9.99. The van der Waals surface area contributed by atoms with Crippen LogP contribution in [0.3, 0.4) is 0 Å². The summed E-state index contributed by atoms with van der Waals surface area (Å²) < 4.78 is 34.2. The lowest BCUT2D eigenvalue weighted by Gasteiger charge is -2.18. The van der Waals surface area contributed by atoms with Gasteiger partial charge in [0.15, 0.2) is 0 Å². The number of anilines is 1. The molecule has 0 unspecified atom stereocenters. The quantitative estimate of drug-likeness (QED) is 0.693. The zero-order chi connectivity index (χ0) is 17.5. The van der Waals surface area contributed by atoms with Crippen molar-refractivity contribution in [3.63, 3.8) is 0 Å². The molecule has 0 spiro atoms. The highest BCUT2D eigenvalue weighted by Gasteiger charge is 2.14. The molecule has 2 aromatic carbocycles. The summed E-state index contributed by atoms with van der Waals surface area (Å²) in [4.78, 5) is 11.2. The number of methoxy groups -OCH3 is 1. The summed E-state index contributed by atoms with van der Waals surface area (Å²) in [6.07, 6.45) is -0.215. The number of carbonyl (C=O) groups is 1. The average molecular weight is 353 g/mol. The van der Waals surface area contributed by atoms with Crippen LogP contribution in [0.4, 0.5) is 19.3 Å². The maximum atomic E-state index is 13.3. The number of nitrogens with one attached hydrogen (secondary N) is 2. The van der Waals surface area contributed by atoms with Gasteiger partial charge in [0.25, 0.3) is 0 Å². The monoisotopic (exact) mass is 353 g/mol. The second-order valence-electron chi connectivity index (χ2n) is 5.01. The number of benzene rings is 2. The molecule has 0 fully saturated rings. The van der Waals surface area contributed by atoms with Crippen LogP contribution in [0.1, 0.15) is 17.2 Å². The van der Waals surface area contributed by atoms with Crippen molar-refractivity contribution < 1.29 is 18.3 Å². The highest BCUT2D eigenvalue weighted by Crippen LogP contribution is 2.23. The van der Waals surface area contributed by atoms with Gasteiger partial charge in [0.05, 0.1) is 7.11 Å². The first-order chi connectivity index (χ1) is 11.5. The van der Waals surface area contributed by atoms with E-state index in [4.69, 9.17) is 5.14 Å². The van der Waals surface area contributed by atoms with Crippen LogP contribution in [-0.4, -0.2) is 13.2 Å². The molecule has 0 radical (unpaired) electrons. The smallest absolute Gasteiger partial charge is 0.411 e. The Hall–Kier alpha value is -2.16. The number of hydrogen-bond acceptors (Lipinski definition) is 5. The molecular formula is C16H17F2N3O2S. The third-order valence-corrected chi connectivity index (χ3v) is 3.74. The van der Waals surface area contributed by atoms with Crippen molar-refractivity contribution >= 4 is 23.9 Å². The van der Waals surface area contributed by atoms with Gasteiger partial charge >= 0.3 is 6.09 Å². The fraction of sp³-hybridized carbons (Fsp3) is 0.188. The Morgan fingerprint density at radius 3 is 2.38 bits per heavy atom. The second kappa shape index (κ2) is 8.62. The number of nitrogens with two attached hydrogens (primary N) is 1. The van der Waals surface area contributed by atoms with Gasteiger partial charge < -0.3 is 4.74 Å². The van der Waals surface area contributed by atoms with Crippen LogP contribution < -0.4 is 15.2 Å². The molecule has 24 heavy (non-hydrogen) atoms. The fourth-order valence-corrected chi connectivity index (χ4v) is 2.63. The van der Waals surface area contributed by atoms with Crippen LogP contribution >= 0.6 is 12.1 Å². The average Bonchev–Trinajstić information content (AvgIpc) is 2.54. The molecule has 1 atom stereocenters. The molecule has 0 aliphatic rings. The summed E-state index contributed by atoms with van der Waals surface area (Å²) in [5, 5.41) is 8.02. The Balaban J connectivity index is 2.16. The van der Waals surface area contributed by atoms with E-state index in [0.717, 1.165) is 23.8 Å². The number of carbonyl (C=O) groups excluding carboxylic acids is 1. The largest absolute Gasteiger partial charge is 0.453 e. The highest BCUT2D eigenvalue weighted by molar-refractivity contribution is 7.95. The zero-order valence-corrected chi connectivity index (χ0v) is 13.7. The van der Waals surface area contributed by atoms with Crippen LogP contribution in [0.25, 0.3) is 0 Å². The number of ether oxygens (including phenoxy) is 1. The van der Waals surface area contributed by atoms with Crippen LogP contribution in [0.5, 0.6) is 0 Å². The van der Waals surface area contributed by atoms with Gasteiger partial charge in [0.1, 0.15) is 11.6 Å². The molecule has 0 bridgehead atoms. The second-order valence-corrected chi connectivity index (χ2v) is 5.48. The van der Waals surface area contributed by atoms with Crippen molar-refractivity contribution in [2.75, 3.05) is 12.4 Å². The number of amides is 1. The summed E-state index contributed by atoms with van der Waals surface area (Å²) in [6.45, 7) is 0. The van der Waals surface area contributed by atoms with E-state index in [0.29, 0.717) is 17.7 Å². The van der Waals surface area contributed by atoms with Gasteiger partial charge in [-0.05, 0) is 41.8 Å². The van der Waals surface area contributed by atoms with E-state index < -0.39 is 17.7 Å². The molecule has 0 saturated carbocycles. The van der Waals surface area contributed by atoms with Gasteiger partial charge in [-0.1, -0.05) is 12.1 Å². The Labute approximate surface area is 142 Å². The predicted molar refractivity (Wildman–Crippen MR) is 90.2 cm³/mol. The molecule has 0 aromatic heterocycles. The highest BCUT2D eigenvalue weighted by atomic mass is 32.2. The Bertz CT molecular complexity index is 678. The summed E-state index contributed by atoms with van der Waals surface area (Å²) in [7, 11) is 1.28. The summed E-state index contributed by atoms with van der Waals surface area (Å²) in [5.74, 6) is -1.25. The molecule has 8 heteroatoms. The van der Waals surface area contributed by atoms with E-state index in [1.54, 1.807) is 24.3 Å². The van der Waals surface area contributed by atoms with Crippen molar-refractivity contribution in [3.8, 4) is 0 Å². The fourth-order valence-electron chi connectivity index (χ4n) is 2.24. The third-order valence-electron chi connectivity index (χ3n) is 3.32. The van der Waals surface area contributed by atoms with Crippen molar-refractivity contribution in [1.29, 1.82) is 0 Å². The summed E-state index contributed by atoms with van der Waals surface area (Å²) in [5.41, 5.74) is 1.94. The maximum Gasteiger partial charge on any atom is 0.411 e. The van der Waals surface area contributed by atoms with Gasteiger partial charge in [-0.15, -0.1) is 0 Å². The molecule has 2 aromatic rings. The number of rotatable bonds is 6. The first-order valence-corrected chi connectivity index (χ1v) is 7.91. The summed E-state index contributed by atoms with van der Waals surface area (Å²) >= 11 is 0.923. The molecule has 0 saturated heterocycles. The Morgan fingerprint density at radius 1 is 1.21 bits per heavy atom. The molecule has 4 N–H and O–H groups in total. The van der Waals surface area contributed by atoms with Gasteiger partial charge in [0, 0.05) is 29.9 Å². The Kier molecular flexibility index (Phi) is 6.53. The number of halogens is 2.